The Kier molecular flexibility index (Phi) is 7.60. The lowest BCUT2D eigenvalue weighted by Gasteiger charge is -2.25. The van der Waals surface area contributed by atoms with E-state index in [9.17, 15) is 4.79 Å². The SMILES string of the molecule is CCCN(CCN(C)C)Cc1nc2ccccc2c(=O)n1-c1ccccc1OCC. The first-order chi connectivity index (χ1) is 14.5. The fourth-order valence-corrected chi connectivity index (χ4v) is 3.58. The largest absolute Gasteiger partial charge is 0.492 e. The molecule has 0 unspecified atom stereocenters. The van der Waals surface area contributed by atoms with Crippen molar-refractivity contribution < 1.29 is 4.74 Å². The van der Waals surface area contributed by atoms with E-state index in [1.54, 1.807) is 4.57 Å². The van der Waals surface area contributed by atoms with Crippen LogP contribution in [-0.2, 0) is 6.54 Å². The number of benzene rings is 2. The number of hydrogen-bond donors (Lipinski definition) is 0. The van der Waals surface area contributed by atoms with Crippen molar-refractivity contribution in [1.82, 2.24) is 19.4 Å². The van der Waals surface area contributed by atoms with Gasteiger partial charge in [0.05, 0.1) is 29.7 Å². The number of hydrogen-bond acceptors (Lipinski definition) is 5. The van der Waals surface area contributed by atoms with Crippen LogP contribution in [-0.4, -0.2) is 59.7 Å². The van der Waals surface area contributed by atoms with Gasteiger partial charge < -0.3 is 9.64 Å². The molecule has 0 saturated carbocycles. The molecule has 0 aliphatic rings. The van der Waals surface area contributed by atoms with E-state index in [4.69, 9.17) is 9.72 Å². The maximum atomic E-state index is 13.6. The van der Waals surface area contributed by atoms with Gasteiger partial charge in [-0.05, 0) is 58.3 Å². The lowest BCUT2D eigenvalue weighted by molar-refractivity contribution is 0.227. The summed E-state index contributed by atoms with van der Waals surface area (Å²) in [5.41, 5.74) is 1.40. The number of ether oxygens (including phenoxy) is 1. The molecule has 6 nitrogen and oxygen atoms in total. The Bertz CT molecular complexity index is 1030. The zero-order valence-electron chi connectivity index (χ0n) is 18.5. The third-order valence-electron chi connectivity index (χ3n) is 5.02. The highest BCUT2D eigenvalue weighted by atomic mass is 16.5. The van der Waals surface area contributed by atoms with Crippen LogP contribution in [0.25, 0.3) is 16.6 Å². The summed E-state index contributed by atoms with van der Waals surface area (Å²) < 4.78 is 7.56. The van der Waals surface area contributed by atoms with Crippen molar-refractivity contribution in [3.8, 4) is 11.4 Å². The lowest BCUT2D eigenvalue weighted by atomic mass is 10.2. The maximum absolute atomic E-state index is 13.6. The Hall–Kier alpha value is -2.70. The number of fused-ring (bicyclic) bond motifs is 1. The van der Waals surface area contributed by atoms with Crippen molar-refractivity contribution in [2.45, 2.75) is 26.8 Å². The molecule has 0 aliphatic carbocycles. The van der Waals surface area contributed by atoms with Crippen LogP contribution >= 0.6 is 0 Å². The quantitative estimate of drug-likeness (QED) is 0.513. The normalized spacial score (nSPS) is 11.5. The molecule has 1 heterocycles. The van der Waals surface area contributed by atoms with Gasteiger partial charge in [0.2, 0.25) is 0 Å². The van der Waals surface area contributed by atoms with Gasteiger partial charge in [0, 0.05) is 13.1 Å². The molecule has 0 radical (unpaired) electrons. The predicted molar refractivity (Wildman–Crippen MR) is 123 cm³/mol. The Labute approximate surface area is 178 Å². The molecule has 0 N–H and O–H groups in total. The molecular formula is C24H32N4O2. The molecule has 0 spiro atoms. The van der Waals surface area contributed by atoms with Gasteiger partial charge in [0.25, 0.3) is 5.56 Å². The number of rotatable bonds is 10. The van der Waals surface area contributed by atoms with Crippen molar-refractivity contribution in [2.75, 3.05) is 40.3 Å². The zero-order chi connectivity index (χ0) is 21.5. The van der Waals surface area contributed by atoms with Crippen LogP contribution in [0.1, 0.15) is 26.1 Å². The van der Waals surface area contributed by atoms with E-state index < -0.39 is 0 Å². The van der Waals surface area contributed by atoms with E-state index in [1.165, 1.54) is 0 Å². The summed E-state index contributed by atoms with van der Waals surface area (Å²) >= 11 is 0. The topological polar surface area (TPSA) is 50.6 Å². The molecule has 0 fully saturated rings. The monoisotopic (exact) mass is 408 g/mol. The second-order valence-electron chi connectivity index (χ2n) is 7.67. The Morgan fingerprint density at radius 3 is 2.43 bits per heavy atom. The first-order valence-corrected chi connectivity index (χ1v) is 10.6. The van der Waals surface area contributed by atoms with Crippen LogP contribution in [0.4, 0.5) is 0 Å². The summed E-state index contributed by atoms with van der Waals surface area (Å²) in [6.45, 7) is 8.07. The van der Waals surface area contributed by atoms with Crippen LogP contribution in [0.2, 0.25) is 0 Å². The smallest absolute Gasteiger partial charge is 0.266 e. The highest BCUT2D eigenvalue weighted by Gasteiger charge is 2.18. The number of aromatic nitrogens is 2. The van der Waals surface area contributed by atoms with E-state index in [2.05, 4.69) is 30.8 Å². The van der Waals surface area contributed by atoms with Crippen molar-refractivity contribution in [2.24, 2.45) is 0 Å². The lowest BCUT2D eigenvalue weighted by Crippen LogP contribution is -2.35. The van der Waals surface area contributed by atoms with Gasteiger partial charge in [-0.2, -0.15) is 0 Å². The minimum absolute atomic E-state index is 0.0631. The third kappa shape index (κ3) is 5.07. The molecule has 0 atom stereocenters. The van der Waals surface area contributed by atoms with Crippen molar-refractivity contribution in [1.29, 1.82) is 0 Å². The highest BCUT2D eigenvalue weighted by molar-refractivity contribution is 5.78. The summed E-state index contributed by atoms with van der Waals surface area (Å²) in [5.74, 6) is 1.42. The number of nitrogens with zero attached hydrogens (tertiary/aromatic N) is 4. The Balaban J connectivity index is 2.15. The minimum Gasteiger partial charge on any atom is -0.492 e. The van der Waals surface area contributed by atoms with E-state index in [1.807, 2.05) is 55.5 Å². The fraction of sp³-hybridized carbons (Fsp3) is 0.417. The molecule has 2 aromatic carbocycles. The molecule has 0 aliphatic heterocycles. The molecule has 3 rings (SSSR count). The summed E-state index contributed by atoms with van der Waals surface area (Å²) in [6.07, 6.45) is 1.04. The second-order valence-corrected chi connectivity index (χ2v) is 7.67. The average Bonchev–Trinajstić information content (AvgIpc) is 2.73. The molecule has 160 valence electrons. The van der Waals surface area contributed by atoms with Crippen LogP contribution in [0.3, 0.4) is 0 Å². The molecule has 0 bridgehead atoms. The van der Waals surface area contributed by atoms with E-state index in [-0.39, 0.29) is 5.56 Å². The summed E-state index contributed by atoms with van der Waals surface area (Å²) in [6, 6.07) is 15.2. The average molecular weight is 409 g/mol. The summed E-state index contributed by atoms with van der Waals surface area (Å²) in [7, 11) is 4.15. The molecule has 0 amide bonds. The summed E-state index contributed by atoms with van der Waals surface area (Å²) in [4.78, 5) is 23.0. The van der Waals surface area contributed by atoms with Crippen molar-refractivity contribution in [3.05, 3.63) is 64.7 Å². The van der Waals surface area contributed by atoms with E-state index in [0.717, 1.165) is 43.1 Å². The van der Waals surface area contributed by atoms with E-state index >= 15 is 0 Å². The third-order valence-corrected chi connectivity index (χ3v) is 5.02. The second kappa shape index (κ2) is 10.4. The van der Waals surface area contributed by atoms with Crippen LogP contribution in [0, 0.1) is 0 Å². The number of para-hydroxylation sites is 3. The van der Waals surface area contributed by atoms with Crippen molar-refractivity contribution >= 4 is 10.9 Å². The summed E-state index contributed by atoms with van der Waals surface area (Å²) in [5, 5.41) is 0.614. The predicted octanol–water partition coefficient (Wildman–Crippen LogP) is 3.56. The molecule has 3 aromatic rings. The van der Waals surface area contributed by atoms with Gasteiger partial charge in [0.1, 0.15) is 11.6 Å². The number of likely N-dealkylation sites (N-methyl/N-ethyl adjacent to an activating group) is 1. The van der Waals surface area contributed by atoms with Gasteiger partial charge in [-0.15, -0.1) is 0 Å². The van der Waals surface area contributed by atoms with Gasteiger partial charge in [-0.1, -0.05) is 31.2 Å². The molecule has 30 heavy (non-hydrogen) atoms. The van der Waals surface area contributed by atoms with Gasteiger partial charge in [-0.3, -0.25) is 14.3 Å². The minimum atomic E-state index is -0.0631. The molecular weight excluding hydrogens is 376 g/mol. The van der Waals surface area contributed by atoms with Gasteiger partial charge in [0.15, 0.2) is 0 Å². The van der Waals surface area contributed by atoms with Crippen LogP contribution in [0.15, 0.2) is 53.3 Å². The first-order valence-electron chi connectivity index (χ1n) is 10.6. The Morgan fingerprint density at radius 2 is 1.70 bits per heavy atom. The Morgan fingerprint density at radius 1 is 0.967 bits per heavy atom. The van der Waals surface area contributed by atoms with Gasteiger partial charge >= 0.3 is 0 Å². The molecule has 6 heteroatoms. The van der Waals surface area contributed by atoms with E-state index in [0.29, 0.717) is 24.3 Å². The molecule has 1 aromatic heterocycles. The van der Waals surface area contributed by atoms with Crippen molar-refractivity contribution in [3.63, 3.8) is 0 Å². The highest BCUT2D eigenvalue weighted by Crippen LogP contribution is 2.24. The fourth-order valence-electron chi connectivity index (χ4n) is 3.58. The standard InChI is InChI=1S/C24H32N4O2/c1-5-15-27(17-16-26(3)4)18-23-25-20-12-8-7-11-19(20)24(29)28(23)21-13-9-10-14-22(21)30-6-2/h7-14H,5-6,15-18H2,1-4H3. The first kappa shape index (κ1) is 22.0. The van der Waals surface area contributed by atoms with Crippen LogP contribution < -0.4 is 10.3 Å². The van der Waals surface area contributed by atoms with Gasteiger partial charge in [-0.25, -0.2) is 4.98 Å². The molecule has 0 saturated heterocycles. The zero-order valence-corrected chi connectivity index (χ0v) is 18.5. The maximum Gasteiger partial charge on any atom is 0.266 e. The van der Waals surface area contributed by atoms with Crippen LogP contribution in [0.5, 0.6) is 5.75 Å².